The van der Waals surface area contributed by atoms with Crippen molar-refractivity contribution >= 4 is 34.3 Å². The van der Waals surface area contributed by atoms with Gasteiger partial charge in [0.1, 0.15) is 12.8 Å². The van der Waals surface area contributed by atoms with Gasteiger partial charge in [-0.25, -0.2) is 0 Å². The van der Waals surface area contributed by atoms with Gasteiger partial charge in [0.25, 0.3) is 5.69 Å². The first-order valence-electron chi connectivity index (χ1n) is 7.13. The van der Waals surface area contributed by atoms with Gasteiger partial charge in [0.2, 0.25) is 17.5 Å². The summed E-state index contributed by atoms with van der Waals surface area (Å²) in [4.78, 5) is 21.9. The largest absolute Gasteiger partial charge is 0.505 e. The number of nitrogens with zero attached hydrogens (tertiary/aromatic N) is 2. The van der Waals surface area contributed by atoms with Crippen LogP contribution in [0.4, 0.5) is 17.1 Å². The molecule has 24 heavy (non-hydrogen) atoms. The van der Waals surface area contributed by atoms with E-state index in [9.17, 15) is 20.0 Å². The van der Waals surface area contributed by atoms with Gasteiger partial charge in [0.05, 0.1) is 16.0 Å². The zero-order chi connectivity index (χ0) is 17.3. The van der Waals surface area contributed by atoms with Crippen LogP contribution in [0, 0.1) is 10.1 Å². The van der Waals surface area contributed by atoms with Gasteiger partial charge in [0.15, 0.2) is 5.69 Å². The predicted octanol–water partition coefficient (Wildman–Crippen LogP) is 2.83. The Labute approximate surface area is 136 Å². The lowest BCUT2D eigenvalue weighted by molar-refractivity contribution is -0.646. The number of rotatable bonds is 4. The Morgan fingerprint density at radius 1 is 1.21 bits per heavy atom. The number of fused-ring (bicyclic) bond motifs is 1. The van der Waals surface area contributed by atoms with Crippen molar-refractivity contribution in [2.45, 2.75) is 0 Å². The number of phenolic OH excluding ortho intramolecular Hbond substituents is 1. The Morgan fingerprint density at radius 3 is 2.67 bits per heavy atom. The van der Waals surface area contributed by atoms with Crippen LogP contribution in [0.15, 0.2) is 48.5 Å². The number of aldehydes is 1. The number of aryl methyl sites for hydroxylation is 1. The highest BCUT2D eigenvalue weighted by Crippen LogP contribution is 2.37. The third-order valence-electron chi connectivity index (χ3n) is 3.83. The molecule has 120 valence electrons. The summed E-state index contributed by atoms with van der Waals surface area (Å²) in [6.07, 6.45) is 0.705. The molecule has 0 spiro atoms. The molecule has 0 aliphatic heterocycles. The summed E-state index contributed by atoms with van der Waals surface area (Å²) in [6.45, 7) is 0. The topological polar surface area (TPSA) is 96.3 Å². The Morgan fingerprint density at radius 2 is 1.96 bits per heavy atom. The first kappa shape index (κ1) is 15.4. The molecule has 0 bridgehead atoms. The quantitative estimate of drug-likeness (QED) is 0.253. The number of hydrogen-bond donors (Lipinski definition) is 2. The normalized spacial score (nSPS) is 10.5. The van der Waals surface area contributed by atoms with E-state index in [0.29, 0.717) is 17.7 Å². The van der Waals surface area contributed by atoms with Crippen molar-refractivity contribution in [2.24, 2.45) is 7.05 Å². The van der Waals surface area contributed by atoms with E-state index >= 15 is 0 Å². The minimum Gasteiger partial charge on any atom is -0.505 e. The minimum atomic E-state index is -0.576. The molecule has 1 aromatic heterocycles. The number of benzene rings is 2. The lowest BCUT2D eigenvalue weighted by atomic mass is 10.1. The monoisotopic (exact) mass is 324 g/mol. The molecule has 0 amide bonds. The summed E-state index contributed by atoms with van der Waals surface area (Å²) in [5.41, 5.74) is 1.41. The number of pyridine rings is 1. The number of carbonyl (C=O) groups is 1. The molecule has 0 radical (unpaired) electrons. The van der Waals surface area contributed by atoms with E-state index in [-0.39, 0.29) is 17.1 Å². The summed E-state index contributed by atoms with van der Waals surface area (Å²) < 4.78 is 1.73. The van der Waals surface area contributed by atoms with Crippen LogP contribution in [0.25, 0.3) is 10.9 Å². The molecule has 0 fully saturated rings. The molecule has 3 aromatic rings. The highest BCUT2D eigenvalue weighted by Gasteiger charge is 2.21. The lowest BCUT2D eigenvalue weighted by Gasteiger charge is -2.11. The fraction of sp³-hybridized carbons (Fsp3) is 0.0588. The van der Waals surface area contributed by atoms with E-state index in [0.717, 1.165) is 10.9 Å². The zero-order valence-electron chi connectivity index (χ0n) is 12.8. The number of carbonyl (C=O) groups excluding carboxylic acids is 1. The molecular formula is C17H14N3O4+. The van der Waals surface area contributed by atoms with Crippen LogP contribution in [0.3, 0.4) is 0 Å². The number of nitro groups is 1. The molecule has 3 rings (SSSR count). The van der Waals surface area contributed by atoms with Crippen molar-refractivity contribution in [3.63, 3.8) is 0 Å². The Bertz CT molecular complexity index is 969. The fourth-order valence-electron chi connectivity index (χ4n) is 2.62. The van der Waals surface area contributed by atoms with Crippen molar-refractivity contribution in [3.05, 3.63) is 64.3 Å². The van der Waals surface area contributed by atoms with Crippen molar-refractivity contribution < 1.29 is 19.4 Å². The van der Waals surface area contributed by atoms with Crippen LogP contribution in [0.2, 0.25) is 0 Å². The maximum atomic E-state index is 11.3. The highest BCUT2D eigenvalue weighted by molar-refractivity contribution is 5.94. The molecular weight excluding hydrogens is 310 g/mol. The Hall–Kier alpha value is -3.48. The number of phenols is 1. The van der Waals surface area contributed by atoms with Gasteiger partial charge in [-0.2, -0.15) is 4.57 Å². The van der Waals surface area contributed by atoms with Gasteiger partial charge >= 0.3 is 0 Å². The van der Waals surface area contributed by atoms with Crippen molar-refractivity contribution in [1.29, 1.82) is 0 Å². The summed E-state index contributed by atoms with van der Waals surface area (Å²) in [5, 5.41) is 24.9. The summed E-state index contributed by atoms with van der Waals surface area (Å²) in [5.74, 6) is -0.242. The number of hydrogen-bond acceptors (Lipinski definition) is 5. The molecule has 7 heteroatoms. The van der Waals surface area contributed by atoms with Gasteiger partial charge in [0, 0.05) is 18.2 Å². The second-order valence-electron chi connectivity index (χ2n) is 5.23. The molecule has 0 atom stereocenters. The van der Waals surface area contributed by atoms with E-state index in [1.807, 2.05) is 24.3 Å². The summed E-state index contributed by atoms with van der Waals surface area (Å²) in [7, 11) is 1.76. The van der Waals surface area contributed by atoms with Crippen LogP contribution >= 0.6 is 0 Å². The van der Waals surface area contributed by atoms with E-state index in [1.54, 1.807) is 17.7 Å². The number of anilines is 2. The average Bonchev–Trinajstić information content (AvgIpc) is 2.58. The highest BCUT2D eigenvalue weighted by atomic mass is 16.6. The average molecular weight is 324 g/mol. The van der Waals surface area contributed by atoms with E-state index in [4.69, 9.17) is 0 Å². The molecule has 7 nitrogen and oxygen atoms in total. The SMILES string of the molecule is C[n+]1c(C=O)cc(Nc2c(O)cccc2[N+](=O)[O-])c2ccccc21. The van der Waals surface area contributed by atoms with Crippen LogP contribution in [-0.2, 0) is 7.05 Å². The van der Waals surface area contributed by atoms with Crippen LogP contribution in [0.1, 0.15) is 10.5 Å². The zero-order valence-corrected chi connectivity index (χ0v) is 12.8. The van der Waals surface area contributed by atoms with E-state index in [2.05, 4.69) is 5.32 Å². The van der Waals surface area contributed by atoms with Crippen molar-refractivity contribution in [3.8, 4) is 5.75 Å². The minimum absolute atomic E-state index is 0.0154. The Balaban J connectivity index is 2.24. The molecule has 0 unspecified atom stereocenters. The molecule has 0 saturated carbocycles. The second-order valence-corrected chi connectivity index (χ2v) is 5.23. The van der Waals surface area contributed by atoms with Gasteiger partial charge in [-0.3, -0.25) is 14.9 Å². The van der Waals surface area contributed by atoms with Crippen molar-refractivity contribution in [1.82, 2.24) is 0 Å². The summed E-state index contributed by atoms with van der Waals surface area (Å²) >= 11 is 0. The third kappa shape index (κ3) is 2.52. The third-order valence-corrected chi connectivity index (χ3v) is 3.83. The summed E-state index contributed by atoms with van der Waals surface area (Å²) in [6, 6.07) is 13.0. The van der Waals surface area contributed by atoms with E-state index < -0.39 is 4.92 Å². The second kappa shape index (κ2) is 5.96. The number of aromatic hydroxyl groups is 1. The van der Waals surface area contributed by atoms with Gasteiger partial charge in [-0.15, -0.1) is 0 Å². The molecule has 0 aliphatic carbocycles. The van der Waals surface area contributed by atoms with Crippen LogP contribution < -0.4 is 9.88 Å². The number of nitro benzene ring substituents is 1. The standard InChI is InChI=1S/C17H13N3O4/c1-19-11(10-21)9-13(12-5-2-3-6-14(12)19)18-17-15(20(23)24)7-4-8-16(17)22/h2-10H,1H3,(H,21,22)/p+1. The maximum Gasteiger partial charge on any atom is 0.296 e. The first-order valence-corrected chi connectivity index (χ1v) is 7.13. The van der Waals surface area contributed by atoms with E-state index in [1.165, 1.54) is 18.2 Å². The van der Waals surface area contributed by atoms with Gasteiger partial charge in [-0.1, -0.05) is 18.2 Å². The van der Waals surface area contributed by atoms with Crippen LogP contribution in [-0.4, -0.2) is 16.3 Å². The molecule has 2 aromatic carbocycles. The lowest BCUT2D eigenvalue weighted by Crippen LogP contribution is -2.34. The molecule has 0 saturated heterocycles. The Kier molecular flexibility index (Phi) is 3.83. The molecule has 2 N–H and O–H groups in total. The van der Waals surface area contributed by atoms with Gasteiger partial charge in [-0.05, 0) is 12.1 Å². The fourth-order valence-corrected chi connectivity index (χ4v) is 2.62. The van der Waals surface area contributed by atoms with Gasteiger partial charge < -0.3 is 10.4 Å². The number of nitrogens with one attached hydrogen (secondary N) is 1. The first-order chi connectivity index (χ1) is 11.5. The number of para-hydroxylation sites is 2. The molecule has 1 heterocycles. The maximum absolute atomic E-state index is 11.3. The molecule has 0 aliphatic rings. The van der Waals surface area contributed by atoms with Crippen LogP contribution in [0.5, 0.6) is 5.75 Å². The smallest absolute Gasteiger partial charge is 0.296 e. The predicted molar refractivity (Wildman–Crippen MR) is 88.6 cm³/mol. The number of aromatic nitrogens is 1. The van der Waals surface area contributed by atoms with Crippen molar-refractivity contribution in [2.75, 3.05) is 5.32 Å².